The number of aliphatic hydroxyl groups excluding tert-OH is 1. The van der Waals surface area contributed by atoms with Crippen molar-refractivity contribution in [2.45, 2.75) is 12.5 Å². The van der Waals surface area contributed by atoms with E-state index in [0.717, 1.165) is 11.1 Å². The number of ether oxygens (including phenoxy) is 1. The lowest BCUT2D eigenvalue weighted by atomic mass is 10.0. The van der Waals surface area contributed by atoms with Crippen molar-refractivity contribution in [2.24, 2.45) is 0 Å². The van der Waals surface area contributed by atoms with Crippen molar-refractivity contribution in [1.29, 1.82) is 0 Å². The summed E-state index contributed by atoms with van der Waals surface area (Å²) in [6.07, 6.45) is 0.0181. The first-order chi connectivity index (χ1) is 8.70. The van der Waals surface area contributed by atoms with Crippen LogP contribution in [0.3, 0.4) is 0 Å². The zero-order chi connectivity index (χ0) is 13.0. The summed E-state index contributed by atoms with van der Waals surface area (Å²) in [6, 6.07) is 15.2. The Kier molecular flexibility index (Phi) is 4.24. The summed E-state index contributed by atoms with van der Waals surface area (Å²) in [7, 11) is 1.56. The zero-order valence-electron chi connectivity index (χ0n) is 10.1. The molecule has 0 aliphatic rings. The van der Waals surface area contributed by atoms with Crippen LogP contribution in [0.15, 0.2) is 48.5 Å². The van der Waals surface area contributed by atoms with Gasteiger partial charge in [-0.3, -0.25) is 0 Å². The third-order valence-corrected chi connectivity index (χ3v) is 3.14. The van der Waals surface area contributed by atoms with Gasteiger partial charge in [-0.05, 0) is 23.3 Å². The van der Waals surface area contributed by atoms with Crippen molar-refractivity contribution in [2.75, 3.05) is 7.11 Å². The Morgan fingerprint density at radius 1 is 1.17 bits per heavy atom. The van der Waals surface area contributed by atoms with E-state index in [1.165, 1.54) is 0 Å². The molecule has 0 aliphatic carbocycles. The molecule has 1 unspecified atom stereocenters. The van der Waals surface area contributed by atoms with Crippen LogP contribution in [0.2, 0.25) is 5.02 Å². The number of benzene rings is 2. The van der Waals surface area contributed by atoms with Crippen LogP contribution in [-0.4, -0.2) is 12.2 Å². The van der Waals surface area contributed by atoms with Crippen LogP contribution in [-0.2, 0) is 6.42 Å². The quantitative estimate of drug-likeness (QED) is 0.912. The molecule has 0 heterocycles. The van der Waals surface area contributed by atoms with E-state index >= 15 is 0 Å². The van der Waals surface area contributed by atoms with Crippen molar-refractivity contribution >= 4 is 11.6 Å². The molecule has 0 radical (unpaired) electrons. The second kappa shape index (κ2) is 5.89. The van der Waals surface area contributed by atoms with Gasteiger partial charge in [-0.25, -0.2) is 0 Å². The molecule has 1 atom stereocenters. The van der Waals surface area contributed by atoms with Gasteiger partial charge in [0.2, 0.25) is 0 Å². The van der Waals surface area contributed by atoms with E-state index in [4.69, 9.17) is 16.3 Å². The molecule has 0 fully saturated rings. The summed E-state index contributed by atoms with van der Waals surface area (Å²) < 4.78 is 5.14. The fraction of sp³-hybridized carbons (Fsp3) is 0.200. The minimum Gasteiger partial charge on any atom is -0.495 e. The topological polar surface area (TPSA) is 29.5 Å². The zero-order valence-corrected chi connectivity index (χ0v) is 10.9. The van der Waals surface area contributed by atoms with Crippen LogP contribution in [0.25, 0.3) is 0 Å². The smallest absolute Gasteiger partial charge is 0.137 e. The standard InChI is InChI=1S/C15H15ClO2/c1-18-15-10-12(7-8-13(15)16)14(17)9-11-5-3-2-4-6-11/h2-8,10,14,17H,9H2,1H3. The molecule has 0 bridgehead atoms. The maximum atomic E-state index is 10.2. The normalized spacial score (nSPS) is 12.2. The number of hydrogen-bond acceptors (Lipinski definition) is 2. The van der Waals surface area contributed by atoms with Gasteiger partial charge < -0.3 is 9.84 Å². The molecule has 0 saturated heterocycles. The van der Waals surface area contributed by atoms with E-state index in [1.54, 1.807) is 19.2 Å². The number of methoxy groups -OCH3 is 1. The van der Waals surface area contributed by atoms with Gasteiger partial charge >= 0.3 is 0 Å². The third kappa shape index (κ3) is 3.03. The van der Waals surface area contributed by atoms with E-state index in [2.05, 4.69) is 0 Å². The molecule has 0 amide bonds. The molecule has 0 saturated carbocycles. The highest BCUT2D eigenvalue weighted by molar-refractivity contribution is 6.32. The monoisotopic (exact) mass is 262 g/mol. The Hall–Kier alpha value is -1.51. The average Bonchev–Trinajstić information content (AvgIpc) is 2.40. The van der Waals surface area contributed by atoms with E-state index in [-0.39, 0.29) is 0 Å². The molecule has 1 N–H and O–H groups in total. The molecule has 2 aromatic carbocycles. The van der Waals surface area contributed by atoms with Gasteiger partial charge in [-0.15, -0.1) is 0 Å². The van der Waals surface area contributed by atoms with Crippen molar-refractivity contribution in [3.63, 3.8) is 0 Å². The fourth-order valence-corrected chi connectivity index (χ4v) is 2.03. The Balaban J connectivity index is 2.16. The predicted molar refractivity (Wildman–Crippen MR) is 73.1 cm³/mol. The van der Waals surface area contributed by atoms with Gasteiger partial charge in [0.05, 0.1) is 18.2 Å². The predicted octanol–water partition coefficient (Wildman–Crippen LogP) is 3.62. The molecule has 3 heteroatoms. The lowest BCUT2D eigenvalue weighted by Crippen LogP contribution is -2.02. The van der Waals surface area contributed by atoms with Crippen LogP contribution in [0.5, 0.6) is 5.75 Å². The van der Waals surface area contributed by atoms with Crippen LogP contribution in [0.1, 0.15) is 17.2 Å². The molecule has 0 aromatic heterocycles. The number of rotatable bonds is 4. The van der Waals surface area contributed by atoms with Crippen LogP contribution in [0.4, 0.5) is 0 Å². The molecule has 2 aromatic rings. The summed E-state index contributed by atoms with van der Waals surface area (Å²) in [5.74, 6) is 0.585. The van der Waals surface area contributed by atoms with Crippen molar-refractivity contribution < 1.29 is 9.84 Å². The Bertz CT molecular complexity index is 511. The lowest BCUT2D eigenvalue weighted by Gasteiger charge is -2.13. The third-order valence-electron chi connectivity index (χ3n) is 2.83. The van der Waals surface area contributed by atoms with Crippen LogP contribution < -0.4 is 4.74 Å². The summed E-state index contributed by atoms with van der Waals surface area (Å²) in [5.41, 5.74) is 1.90. The van der Waals surface area contributed by atoms with Crippen LogP contribution >= 0.6 is 11.6 Å². The summed E-state index contributed by atoms with van der Waals surface area (Å²) in [5, 5.41) is 10.7. The SMILES string of the molecule is COc1cc(C(O)Cc2ccccc2)ccc1Cl. The molecule has 94 valence electrons. The fourth-order valence-electron chi connectivity index (χ4n) is 1.84. The minimum atomic E-state index is -0.557. The highest BCUT2D eigenvalue weighted by Gasteiger charge is 2.11. The summed E-state index contributed by atoms with van der Waals surface area (Å²) in [6.45, 7) is 0. The Morgan fingerprint density at radius 3 is 2.56 bits per heavy atom. The Morgan fingerprint density at radius 2 is 1.89 bits per heavy atom. The molecular formula is C15H15ClO2. The second-order valence-electron chi connectivity index (χ2n) is 4.10. The van der Waals surface area contributed by atoms with Crippen LogP contribution in [0, 0.1) is 0 Å². The van der Waals surface area contributed by atoms with E-state index in [9.17, 15) is 5.11 Å². The first-order valence-electron chi connectivity index (χ1n) is 5.76. The molecular weight excluding hydrogens is 248 g/mol. The highest BCUT2D eigenvalue weighted by Crippen LogP contribution is 2.28. The molecule has 2 rings (SSSR count). The maximum Gasteiger partial charge on any atom is 0.137 e. The minimum absolute atomic E-state index is 0.549. The van der Waals surface area contributed by atoms with E-state index in [0.29, 0.717) is 17.2 Å². The average molecular weight is 263 g/mol. The van der Waals surface area contributed by atoms with Gasteiger partial charge in [0.15, 0.2) is 0 Å². The van der Waals surface area contributed by atoms with E-state index in [1.807, 2.05) is 36.4 Å². The van der Waals surface area contributed by atoms with Gasteiger partial charge in [0.1, 0.15) is 5.75 Å². The van der Waals surface area contributed by atoms with Gasteiger partial charge in [0.25, 0.3) is 0 Å². The Labute approximate surface area is 112 Å². The second-order valence-corrected chi connectivity index (χ2v) is 4.51. The van der Waals surface area contributed by atoms with Crippen molar-refractivity contribution in [3.8, 4) is 5.75 Å². The molecule has 18 heavy (non-hydrogen) atoms. The highest BCUT2D eigenvalue weighted by atomic mass is 35.5. The molecule has 0 spiro atoms. The van der Waals surface area contributed by atoms with Gasteiger partial charge in [-0.1, -0.05) is 48.0 Å². The van der Waals surface area contributed by atoms with Gasteiger partial charge in [-0.2, -0.15) is 0 Å². The first kappa shape index (κ1) is 12.9. The number of halogens is 1. The number of aliphatic hydroxyl groups is 1. The largest absolute Gasteiger partial charge is 0.495 e. The first-order valence-corrected chi connectivity index (χ1v) is 6.14. The summed E-state index contributed by atoms with van der Waals surface area (Å²) in [4.78, 5) is 0. The molecule has 0 aliphatic heterocycles. The van der Waals surface area contributed by atoms with E-state index < -0.39 is 6.10 Å². The summed E-state index contributed by atoms with van der Waals surface area (Å²) >= 11 is 5.95. The lowest BCUT2D eigenvalue weighted by molar-refractivity contribution is 0.178. The molecule has 2 nitrogen and oxygen atoms in total. The van der Waals surface area contributed by atoms with Crippen molar-refractivity contribution in [3.05, 3.63) is 64.7 Å². The van der Waals surface area contributed by atoms with Gasteiger partial charge in [0, 0.05) is 6.42 Å². The maximum absolute atomic E-state index is 10.2. The number of hydrogen-bond donors (Lipinski definition) is 1. The van der Waals surface area contributed by atoms with Crippen molar-refractivity contribution in [1.82, 2.24) is 0 Å².